The van der Waals surface area contributed by atoms with Crippen LogP contribution >= 0.6 is 0 Å². The Kier molecular flexibility index (Phi) is 5.80. The van der Waals surface area contributed by atoms with Gasteiger partial charge in [-0.1, -0.05) is 0 Å². The first-order valence-corrected chi connectivity index (χ1v) is 10.5. The standard InChI is InChI=1S/C16H27NO10S/c1-14(2)24-10-8-22-16(13(12(10)25-14)26-15(3,4)27-16)9-23-28(20,21)17-7-5-6-11(18)19/h10,12-13,17H,5-9H2,1-4H3,(H,18,19)/t10-,12?,13+,16+/m1/s1. The van der Waals surface area contributed by atoms with Crippen molar-refractivity contribution in [1.82, 2.24) is 4.72 Å². The number of hydrogen-bond donors (Lipinski definition) is 2. The highest BCUT2D eigenvalue weighted by Crippen LogP contribution is 2.47. The summed E-state index contributed by atoms with van der Waals surface area (Å²) < 4.78 is 60.9. The minimum atomic E-state index is -4.14. The zero-order valence-electron chi connectivity index (χ0n) is 16.3. The van der Waals surface area contributed by atoms with E-state index < -0.39 is 52.4 Å². The van der Waals surface area contributed by atoms with Crippen LogP contribution in [0.3, 0.4) is 0 Å². The van der Waals surface area contributed by atoms with E-state index in [9.17, 15) is 13.2 Å². The summed E-state index contributed by atoms with van der Waals surface area (Å²) in [4.78, 5) is 10.5. The molecular formula is C16H27NO10S. The van der Waals surface area contributed by atoms with E-state index in [2.05, 4.69) is 4.72 Å². The highest BCUT2D eigenvalue weighted by Gasteiger charge is 2.65. The number of rotatable bonds is 8. The van der Waals surface area contributed by atoms with E-state index in [1.165, 1.54) is 0 Å². The van der Waals surface area contributed by atoms with Gasteiger partial charge in [-0.2, -0.15) is 13.1 Å². The lowest BCUT2D eigenvalue weighted by molar-refractivity contribution is -0.290. The molecule has 12 heteroatoms. The molecule has 0 saturated carbocycles. The summed E-state index contributed by atoms with van der Waals surface area (Å²) in [5, 5.41) is 8.60. The first kappa shape index (κ1) is 21.8. The number of nitrogens with one attached hydrogen (secondary N) is 1. The average Bonchev–Trinajstić information content (AvgIpc) is 3.01. The lowest BCUT2D eigenvalue weighted by Gasteiger charge is -2.40. The van der Waals surface area contributed by atoms with E-state index in [1.54, 1.807) is 27.7 Å². The van der Waals surface area contributed by atoms with Gasteiger partial charge in [0.05, 0.1) is 6.61 Å². The van der Waals surface area contributed by atoms with Gasteiger partial charge in [0.15, 0.2) is 11.6 Å². The third kappa shape index (κ3) is 4.82. The first-order valence-electron chi connectivity index (χ1n) is 9.07. The number of aliphatic carboxylic acids is 1. The zero-order valence-corrected chi connectivity index (χ0v) is 17.1. The van der Waals surface area contributed by atoms with Crippen molar-refractivity contribution in [3.8, 4) is 0 Å². The van der Waals surface area contributed by atoms with E-state index in [0.717, 1.165) is 0 Å². The summed E-state index contributed by atoms with van der Waals surface area (Å²) in [5.74, 6) is -4.36. The second-order valence-electron chi connectivity index (χ2n) is 7.91. The number of fused-ring (bicyclic) bond motifs is 3. The molecule has 3 fully saturated rings. The van der Waals surface area contributed by atoms with Crippen LogP contribution in [0.5, 0.6) is 0 Å². The van der Waals surface area contributed by atoms with E-state index >= 15 is 0 Å². The topological polar surface area (TPSA) is 139 Å². The van der Waals surface area contributed by atoms with Crippen LogP contribution in [0.15, 0.2) is 0 Å². The average molecular weight is 425 g/mol. The predicted octanol–water partition coefficient (Wildman–Crippen LogP) is 0.100. The molecule has 3 aliphatic heterocycles. The lowest BCUT2D eigenvalue weighted by atomic mass is 9.98. The Hall–Kier alpha value is -0.860. The van der Waals surface area contributed by atoms with Crippen LogP contribution in [0.1, 0.15) is 40.5 Å². The van der Waals surface area contributed by atoms with Crippen molar-refractivity contribution in [2.45, 2.75) is 76.2 Å². The maximum atomic E-state index is 12.1. The fourth-order valence-corrected chi connectivity index (χ4v) is 4.38. The van der Waals surface area contributed by atoms with Crippen molar-refractivity contribution >= 4 is 16.3 Å². The number of carboxylic acids is 1. The van der Waals surface area contributed by atoms with Gasteiger partial charge >= 0.3 is 16.3 Å². The zero-order chi connectivity index (χ0) is 20.8. The molecule has 3 rings (SSSR count). The van der Waals surface area contributed by atoms with Crippen LogP contribution in [0.4, 0.5) is 0 Å². The highest BCUT2D eigenvalue weighted by atomic mass is 32.2. The molecule has 162 valence electrons. The van der Waals surface area contributed by atoms with Crippen molar-refractivity contribution in [2.75, 3.05) is 19.8 Å². The number of carbonyl (C=O) groups is 1. The number of ether oxygens (including phenoxy) is 5. The van der Waals surface area contributed by atoms with Crippen molar-refractivity contribution in [2.24, 2.45) is 0 Å². The molecule has 2 N–H and O–H groups in total. The van der Waals surface area contributed by atoms with E-state index in [1.807, 2.05) is 0 Å². The Morgan fingerprint density at radius 3 is 2.57 bits per heavy atom. The Morgan fingerprint density at radius 2 is 1.89 bits per heavy atom. The molecule has 3 heterocycles. The molecule has 0 aromatic rings. The van der Waals surface area contributed by atoms with E-state index in [0.29, 0.717) is 0 Å². The van der Waals surface area contributed by atoms with Crippen molar-refractivity contribution < 1.29 is 46.2 Å². The Morgan fingerprint density at radius 1 is 1.18 bits per heavy atom. The molecule has 0 bridgehead atoms. The molecule has 11 nitrogen and oxygen atoms in total. The summed E-state index contributed by atoms with van der Waals surface area (Å²) in [5.41, 5.74) is 0. The molecule has 0 aliphatic carbocycles. The van der Waals surface area contributed by atoms with Gasteiger partial charge in [0.2, 0.25) is 5.79 Å². The Balaban J connectivity index is 1.66. The Labute approximate surface area is 163 Å². The number of carboxylic acid groups (broad SMARTS) is 1. The molecule has 0 radical (unpaired) electrons. The van der Waals surface area contributed by atoms with Crippen LogP contribution < -0.4 is 4.72 Å². The fraction of sp³-hybridized carbons (Fsp3) is 0.938. The molecule has 1 unspecified atom stereocenters. The predicted molar refractivity (Wildman–Crippen MR) is 92.3 cm³/mol. The molecule has 28 heavy (non-hydrogen) atoms. The smallest absolute Gasteiger partial charge is 0.336 e. The van der Waals surface area contributed by atoms with Gasteiger partial charge in [-0.3, -0.25) is 8.98 Å². The van der Waals surface area contributed by atoms with E-state index in [4.69, 9.17) is 33.0 Å². The highest BCUT2D eigenvalue weighted by molar-refractivity contribution is 7.84. The largest absolute Gasteiger partial charge is 0.481 e. The summed E-state index contributed by atoms with van der Waals surface area (Å²) in [6, 6.07) is 0. The van der Waals surface area contributed by atoms with Crippen molar-refractivity contribution in [3.63, 3.8) is 0 Å². The lowest BCUT2D eigenvalue weighted by Crippen LogP contribution is -2.60. The summed E-state index contributed by atoms with van der Waals surface area (Å²) in [7, 11) is -4.14. The SMILES string of the molecule is CC1(C)OC2[C@@H](CO[C@@]3(COS(=O)(=O)NCCCC(=O)O)OC(C)(C)O[C@@H]23)O1. The van der Waals surface area contributed by atoms with Gasteiger partial charge in [-0.25, -0.2) is 0 Å². The molecule has 3 aliphatic rings. The van der Waals surface area contributed by atoms with Gasteiger partial charge in [0.25, 0.3) is 0 Å². The third-order valence-corrected chi connectivity index (χ3v) is 5.52. The summed E-state index contributed by atoms with van der Waals surface area (Å²) >= 11 is 0. The second-order valence-corrected chi connectivity index (χ2v) is 9.34. The summed E-state index contributed by atoms with van der Waals surface area (Å²) in [6.45, 7) is 6.52. The van der Waals surface area contributed by atoms with Crippen LogP contribution in [0, 0.1) is 0 Å². The monoisotopic (exact) mass is 425 g/mol. The molecule has 4 atom stereocenters. The molecular weight excluding hydrogens is 398 g/mol. The van der Waals surface area contributed by atoms with Gasteiger partial charge < -0.3 is 28.8 Å². The van der Waals surface area contributed by atoms with E-state index in [-0.39, 0.29) is 32.1 Å². The number of hydrogen-bond acceptors (Lipinski definition) is 9. The molecule has 0 aromatic carbocycles. The maximum absolute atomic E-state index is 12.1. The molecule has 3 saturated heterocycles. The summed E-state index contributed by atoms with van der Waals surface area (Å²) in [6.07, 6.45) is -1.67. The normalized spacial score (nSPS) is 36.1. The second kappa shape index (κ2) is 7.43. The van der Waals surface area contributed by atoms with Gasteiger partial charge in [-0.15, -0.1) is 0 Å². The molecule has 0 amide bonds. The minimum Gasteiger partial charge on any atom is -0.481 e. The Bertz CT molecular complexity index is 708. The van der Waals surface area contributed by atoms with Gasteiger partial charge in [0, 0.05) is 13.0 Å². The van der Waals surface area contributed by atoms with Crippen LogP contribution in [-0.4, -0.2) is 74.9 Å². The van der Waals surface area contributed by atoms with Gasteiger partial charge in [-0.05, 0) is 34.1 Å². The molecule has 0 spiro atoms. The first-order chi connectivity index (χ1) is 12.8. The maximum Gasteiger partial charge on any atom is 0.336 e. The van der Waals surface area contributed by atoms with Crippen LogP contribution in [-0.2, 0) is 43.0 Å². The van der Waals surface area contributed by atoms with Crippen molar-refractivity contribution in [1.29, 1.82) is 0 Å². The molecule has 0 aromatic heterocycles. The van der Waals surface area contributed by atoms with Gasteiger partial charge in [0.1, 0.15) is 24.9 Å². The minimum absolute atomic E-state index is 0.0649. The quantitative estimate of drug-likeness (QED) is 0.515. The third-order valence-electron chi connectivity index (χ3n) is 4.54. The van der Waals surface area contributed by atoms with Crippen LogP contribution in [0.25, 0.3) is 0 Å². The fourth-order valence-electron chi connectivity index (χ4n) is 3.59. The van der Waals surface area contributed by atoms with Crippen LogP contribution in [0.2, 0.25) is 0 Å². The van der Waals surface area contributed by atoms with Crippen molar-refractivity contribution in [3.05, 3.63) is 0 Å².